The maximum absolute atomic E-state index is 13.2. The summed E-state index contributed by atoms with van der Waals surface area (Å²) in [5, 5.41) is 0. The minimum absolute atomic E-state index is 0.225. The molecule has 1 rings (SSSR count). The van der Waals surface area contributed by atoms with Gasteiger partial charge in [-0.05, 0) is 12.1 Å². The van der Waals surface area contributed by atoms with Crippen molar-refractivity contribution >= 4 is 17.7 Å². The van der Waals surface area contributed by atoms with Gasteiger partial charge in [-0.2, -0.15) is 0 Å². The summed E-state index contributed by atoms with van der Waals surface area (Å²) in [7, 11) is 0. The topological polar surface area (TPSA) is 26.3 Å². The highest BCUT2D eigenvalue weighted by Gasteiger charge is 2.04. The first-order chi connectivity index (χ1) is 7.74. The van der Waals surface area contributed by atoms with E-state index in [1.165, 1.54) is 23.9 Å². The summed E-state index contributed by atoms with van der Waals surface area (Å²) in [6.45, 7) is 3.67. The Morgan fingerprint density at radius 2 is 2.25 bits per heavy atom. The molecule has 0 saturated carbocycles. The van der Waals surface area contributed by atoms with Gasteiger partial charge in [0.15, 0.2) is 0 Å². The molecule has 1 aromatic rings. The van der Waals surface area contributed by atoms with Gasteiger partial charge in [0.05, 0.1) is 6.42 Å². The van der Waals surface area contributed by atoms with Crippen molar-refractivity contribution in [1.82, 2.24) is 0 Å². The summed E-state index contributed by atoms with van der Waals surface area (Å²) in [5.41, 5.74) is 0. The number of hydrogen-bond acceptors (Lipinski definition) is 3. The molecule has 0 amide bonds. The monoisotopic (exact) mass is 240 g/mol. The molecule has 0 aliphatic heterocycles. The molecule has 1 aromatic carbocycles. The molecule has 86 valence electrons. The second kappa shape index (κ2) is 7.06. The van der Waals surface area contributed by atoms with E-state index in [0.717, 1.165) is 0 Å². The highest BCUT2D eigenvalue weighted by Crippen LogP contribution is 2.21. The minimum atomic E-state index is -0.288. The van der Waals surface area contributed by atoms with Crippen molar-refractivity contribution in [2.75, 3.05) is 12.4 Å². The number of ether oxygens (including phenoxy) is 1. The zero-order valence-electron chi connectivity index (χ0n) is 8.82. The van der Waals surface area contributed by atoms with Crippen LogP contribution in [0.2, 0.25) is 0 Å². The van der Waals surface area contributed by atoms with E-state index in [9.17, 15) is 9.18 Å². The van der Waals surface area contributed by atoms with E-state index in [0.29, 0.717) is 10.6 Å². The van der Waals surface area contributed by atoms with Gasteiger partial charge in [0.2, 0.25) is 0 Å². The second-order valence-electron chi connectivity index (χ2n) is 3.00. The number of halogens is 1. The lowest BCUT2D eigenvalue weighted by molar-refractivity contribution is -0.141. The number of carbonyl (C=O) groups is 1. The molecule has 0 fully saturated rings. The molecular weight excluding hydrogens is 227 g/mol. The predicted octanol–water partition coefficient (Wildman–Crippen LogP) is 3.04. The maximum Gasteiger partial charge on any atom is 0.306 e. The van der Waals surface area contributed by atoms with Gasteiger partial charge in [0, 0.05) is 10.6 Å². The Labute approximate surface area is 98.5 Å². The molecule has 4 heteroatoms. The smallest absolute Gasteiger partial charge is 0.306 e. The third-order valence-electron chi connectivity index (χ3n) is 1.76. The van der Waals surface area contributed by atoms with Crippen molar-refractivity contribution in [3.8, 4) is 0 Å². The fourth-order valence-corrected chi connectivity index (χ4v) is 1.90. The number of rotatable bonds is 6. The van der Waals surface area contributed by atoms with Crippen LogP contribution in [0, 0.1) is 5.82 Å². The third-order valence-corrected chi connectivity index (χ3v) is 2.81. The first-order valence-corrected chi connectivity index (χ1v) is 5.86. The predicted molar refractivity (Wildman–Crippen MR) is 62.9 cm³/mol. The molecule has 0 saturated heterocycles. The van der Waals surface area contributed by atoms with Crippen LogP contribution in [-0.4, -0.2) is 18.3 Å². The van der Waals surface area contributed by atoms with Crippen LogP contribution in [0.5, 0.6) is 0 Å². The fraction of sp³-hybridized carbons (Fsp3) is 0.250. The highest BCUT2D eigenvalue weighted by molar-refractivity contribution is 7.99. The largest absolute Gasteiger partial charge is 0.461 e. The van der Waals surface area contributed by atoms with Gasteiger partial charge >= 0.3 is 5.97 Å². The van der Waals surface area contributed by atoms with Gasteiger partial charge < -0.3 is 4.74 Å². The number of hydrogen-bond donors (Lipinski definition) is 0. The van der Waals surface area contributed by atoms with Crippen LogP contribution in [0.3, 0.4) is 0 Å². The molecule has 0 unspecified atom stereocenters. The Hall–Kier alpha value is -1.29. The van der Waals surface area contributed by atoms with Gasteiger partial charge in [-0.1, -0.05) is 24.8 Å². The summed E-state index contributed by atoms with van der Waals surface area (Å²) >= 11 is 1.31. The summed E-state index contributed by atoms with van der Waals surface area (Å²) in [5.74, 6) is -0.0348. The van der Waals surface area contributed by atoms with Gasteiger partial charge in [0.1, 0.15) is 12.4 Å². The number of carbonyl (C=O) groups excluding carboxylic acids is 1. The SMILES string of the molecule is C=CCOC(=O)CCSc1ccccc1F. The molecule has 0 atom stereocenters. The number of thioether (sulfide) groups is 1. The van der Waals surface area contributed by atoms with Crippen LogP contribution in [0.25, 0.3) is 0 Å². The standard InChI is InChI=1S/C12H13FO2S/c1-2-8-15-12(14)7-9-16-11-6-4-3-5-10(11)13/h2-6H,1,7-9H2. The van der Waals surface area contributed by atoms with Crippen LogP contribution in [0.4, 0.5) is 4.39 Å². The van der Waals surface area contributed by atoms with Crippen molar-refractivity contribution in [2.45, 2.75) is 11.3 Å². The average Bonchev–Trinajstić information content (AvgIpc) is 2.29. The summed E-state index contributed by atoms with van der Waals surface area (Å²) in [4.78, 5) is 11.7. The Morgan fingerprint density at radius 3 is 2.94 bits per heavy atom. The summed E-state index contributed by atoms with van der Waals surface area (Å²) < 4.78 is 18.0. The first-order valence-electron chi connectivity index (χ1n) is 4.88. The highest BCUT2D eigenvalue weighted by atomic mass is 32.2. The Balaban J connectivity index is 2.28. The normalized spacial score (nSPS) is 9.81. The average molecular weight is 240 g/mol. The molecule has 0 heterocycles. The van der Waals surface area contributed by atoms with E-state index in [1.807, 2.05) is 0 Å². The summed E-state index contributed by atoms with van der Waals surface area (Å²) in [6.07, 6.45) is 1.79. The molecule has 0 spiro atoms. The molecule has 0 aliphatic rings. The van der Waals surface area contributed by atoms with Crippen LogP contribution >= 0.6 is 11.8 Å². The van der Waals surface area contributed by atoms with E-state index >= 15 is 0 Å². The van der Waals surface area contributed by atoms with E-state index < -0.39 is 0 Å². The van der Waals surface area contributed by atoms with E-state index in [1.54, 1.807) is 18.2 Å². The molecular formula is C12H13FO2S. The maximum atomic E-state index is 13.2. The van der Waals surface area contributed by atoms with Crippen LogP contribution in [0.15, 0.2) is 41.8 Å². The lowest BCUT2D eigenvalue weighted by Crippen LogP contribution is -2.05. The number of esters is 1. The van der Waals surface area contributed by atoms with Gasteiger partial charge in [-0.25, -0.2) is 4.39 Å². The van der Waals surface area contributed by atoms with Crippen LogP contribution in [-0.2, 0) is 9.53 Å². The fourth-order valence-electron chi connectivity index (χ4n) is 1.03. The zero-order valence-corrected chi connectivity index (χ0v) is 9.63. The lowest BCUT2D eigenvalue weighted by Gasteiger charge is -2.03. The van der Waals surface area contributed by atoms with E-state index in [-0.39, 0.29) is 24.8 Å². The molecule has 0 bridgehead atoms. The quantitative estimate of drug-likeness (QED) is 0.434. The molecule has 0 aliphatic carbocycles. The van der Waals surface area contributed by atoms with Crippen molar-refractivity contribution in [3.05, 3.63) is 42.7 Å². The Kier molecular flexibility index (Phi) is 5.64. The van der Waals surface area contributed by atoms with Crippen molar-refractivity contribution < 1.29 is 13.9 Å². The third kappa shape index (κ3) is 4.49. The van der Waals surface area contributed by atoms with Crippen molar-refractivity contribution in [1.29, 1.82) is 0 Å². The molecule has 16 heavy (non-hydrogen) atoms. The van der Waals surface area contributed by atoms with Gasteiger partial charge in [-0.15, -0.1) is 11.8 Å². The van der Waals surface area contributed by atoms with E-state index in [4.69, 9.17) is 4.74 Å². The van der Waals surface area contributed by atoms with Gasteiger partial charge in [0.25, 0.3) is 0 Å². The van der Waals surface area contributed by atoms with Crippen LogP contribution < -0.4 is 0 Å². The zero-order chi connectivity index (χ0) is 11.8. The molecule has 0 N–H and O–H groups in total. The van der Waals surface area contributed by atoms with Crippen LogP contribution in [0.1, 0.15) is 6.42 Å². The molecule has 0 aromatic heterocycles. The number of benzene rings is 1. The van der Waals surface area contributed by atoms with E-state index in [2.05, 4.69) is 6.58 Å². The molecule has 2 nitrogen and oxygen atoms in total. The second-order valence-corrected chi connectivity index (χ2v) is 4.14. The van der Waals surface area contributed by atoms with Gasteiger partial charge in [-0.3, -0.25) is 4.79 Å². The minimum Gasteiger partial charge on any atom is -0.461 e. The Bertz CT molecular complexity index is 366. The molecule has 0 radical (unpaired) electrons. The van der Waals surface area contributed by atoms with Crippen molar-refractivity contribution in [2.24, 2.45) is 0 Å². The lowest BCUT2D eigenvalue weighted by atomic mass is 10.3. The first kappa shape index (κ1) is 12.8. The van der Waals surface area contributed by atoms with Crippen molar-refractivity contribution in [3.63, 3.8) is 0 Å². The summed E-state index contributed by atoms with van der Waals surface area (Å²) in [6, 6.07) is 6.49. The Morgan fingerprint density at radius 1 is 1.50 bits per heavy atom.